The summed E-state index contributed by atoms with van der Waals surface area (Å²) in [6.45, 7) is 5.71. The first kappa shape index (κ1) is 24.4. The van der Waals surface area contributed by atoms with E-state index in [1.54, 1.807) is 19.2 Å². The number of hydrogen-bond donors (Lipinski definition) is 1. The number of benzene rings is 1. The van der Waals surface area contributed by atoms with Crippen LogP contribution in [0, 0.1) is 13.8 Å². The summed E-state index contributed by atoms with van der Waals surface area (Å²) in [5.74, 6) is 0.688. The minimum atomic E-state index is -4.44. The Kier molecular flexibility index (Phi) is 6.40. The molecule has 3 heterocycles. The number of fused-ring (bicyclic) bond motifs is 1. The van der Waals surface area contributed by atoms with Gasteiger partial charge >= 0.3 is 12.3 Å². The molecule has 10 heteroatoms. The van der Waals surface area contributed by atoms with Crippen LogP contribution in [0.2, 0.25) is 0 Å². The van der Waals surface area contributed by atoms with Crippen LogP contribution < -0.4 is 5.49 Å². The lowest BCUT2D eigenvalue weighted by molar-refractivity contribution is -0.138. The van der Waals surface area contributed by atoms with Crippen molar-refractivity contribution in [2.24, 2.45) is 12.0 Å². The van der Waals surface area contributed by atoms with Crippen LogP contribution >= 0.6 is 0 Å². The second-order valence-electron chi connectivity index (χ2n) is 8.66. The summed E-state index contributed by atoms with van der Waals surface area (Å²) in [5, 5.41) is 9.91. The smallest absolute Gasteiger partial charge is 0.416 e. The summed E-state index contributed by atoms with van der Waals surface area (Å²) in [6.07, 6.45) is -1.30. The van der Waals surface area contributed by atoms with E-state index >= 15 is 0 Å². The molecular weight excluding hydrogens is 459 g/mol. The molecule has 1 N–H and O–H groups in total. The number of nitrogens with zero attached hydrogens (tertiary/aromatic N) is 5. The fraction of sp³-hybridized carbons (Fsp3) is 0.360. The van der Waals surface area contributed by atoms with Crippen LogP contribution in [-0.2, 0) is 13.2 Å². The molecule has 7 nitrogen and oxygen atoms in total. The lowest BCUT2D eigenvalue weighted by Crippen LogP contribution is -2.33. The van der Waals surface area contributed by atoms with Gasteiger partial charge in [0.1, 0.15) is 5.82 Å². The van der Waals surface area contributed by atoms with E-state index in [0.29, 0.717) is 35.5 Å². The van der Waals surface area contributed by atoms with Crippen molar-refractivity contribution in [3.05, 3.63) is 70.2 Å². The zero-order valence-electron chi connectivity index (χ0n) is 19.9. The van der Waals surface area contributed by atoms with Gasteiger partial charge in [-0.05, 0) is 56.0 Å². The fourth-order valence-corrected chi connectivity index (χ4v) is 4.37. The summed E-state index contributed by atoms with van der Waals surface area (Å²) in [5.41, 5.74) is 2.81. The maximum atomic E-state index is 13.4. The van der Waals surface area contributed by atoms with E-state index in [2.05, 4.69) is 9.97 Å². The number of pyridine rings is 1. The Morgan fingerprint density at radius 2 is 2.00 bits per heavy atom. The second kappa shape index (κ2) is 9.16. The van der Waals surface area contributed by atoms with Crippen LogP contribution in [0.4, 0.5) is 18.0 Å². The Bertz CT molecular complexity index is 1410. The van der Waals surface area contributed by atoms with Gasteiger partial charge in [-0.15, -0.1) is 0 Å². The monoisotopic (exact) mass is 485 g/mol. The molecule has 1 aliphatic heterocycles. The summed E-state index contributed by atoms with van der Waals surface area (Å²) in [6, 6.07) is 5.44. The third-order valence-electron chi connectivity index (χ3n) is 6.49. The highest BCUT2D eigenvalue weighted by atomic mass is 19.4. The van der Waals surface area contributed by atoms with Gasteiger partial charge in [0.2, 0.25) is 0 Å². The van der Waals surface area contributed by atoms with E-state index in [1.807, 2.05) is 30.7 Å². The number of carboxylic acid groups (broad SMARTS) is 1. The van der Waals surface area contributed by atoms with Crippen LogP contribution in [0.3, 0.4) is 0 Å². The number of aryl methyl sites for hydroxylation is 2. The predicted octanol–water partition coefficient (Wildman–Crippen LogP) is 5.03. The molecule has 35 heavy (non-hydrogen) atoms. The Morgan fingerprint density at radius 1 is 1.26 bits per heavy atom. The first-order chi connectivity index (χ1) is 16.5. The Morgan fingerprint density at radius 3 is 2.63 bits per heavy atom. The number of aromatic nitrogens is 3. The molecule has 1 aliphatic rings. The van der Waals surface area contributed by atoms with Crippen molar-refractivity contribution in [2.45, 2.75) is 39.4 Å². The maximum absolute atomic E-state index is 13.4. The summed E-state index contributed by atoms with van der Waals surface area (Å²) < 4.78 is 42.1. The molecule has 0 spiro atoms. The summed E-state index contributed by atoms with van der Waals surface area (Å²) >= 11 is 0. The van der Waals surface area contributed by atoms with Crippen molar-refractivity contribution >= 4 is 22.6 Å². The van der Waals surface area contributed by atoms with Gasteiger partial charge in [0.05, 0.1) is 29.0 Å². The van der Waals surface area contributed by atoms with Crippen LogP contribution in [0.15, 0.2) is 41.5 Å². The Hall–Kier alpha value is -3.69. The molecule has 0 radical (unpaired) electrons. The van der Waals surface area contributed by atoms with Gasteiger partial charge in [-0.1, -0.05) is 18.2 Å². The molecule has 0 saturated carbocycles. The lowest BCUT2D eigenvalue weighted by Gasteiger charge is -2.23. The zero-order chi connectivity index (χ0) is 25.5. The molecule has 1 aromatic carbocycles. The molecule has 1 amide bonds. The zero-order valence-corrected chi connectivity index (χ0v) is 19.9. The van der Waals surface area contributed by atoms with E-state index in [-0.39, 0.29) is 12.1 Å². The molecule has 3 aromatic rings. The number of hydrogen-bond acceptors (Lipinski definition) is 4. The van der Waals surface area contributed by atoms with E-state index in [9.17, 15) is 23.1 Å². The number of amides is 1. The van der Waals surface area contributed by atoms with Crippen molar-refractivity contribution in [2.75, 3.05) is 13.1 Å². The van der Waals surface area contributed by atoms with Crippen LogP contribution in [-0.4, -0.2) is 43.7 Å². The third-order valence-corrected chi connectivity index (χ3v) is 6.49. The SMILES string of the molecule is Cc1c(C(C)/N=c2\nc(C)n(C)c3cnc(C4=CCN(C(=O)O)CC4)cc23)cccc1C(F)(F)F. The van der Waals surface area contributed by atoms with Gasteiger partial charge in [-0.25, -0.2) is 9.78 Å². The van der Waals surface area contributed by atoms with Gasteiger partial charge in [-0.2, -0.15) is 13.2 Å². The average molecular weight is 486 g/mol. The quantitative estimate of drug-likeness (QED) is 0.564. The fourth-order valence-electron chi connectivity index (χ4n) is 4.37. The Labute approximate surface area is 200 Å². The van der Waals surface area contributed by atoms with Crippen LogP contribution in [0.1, 0.15) is 47.6 Å². The van der Waals surface area contributed by atoms with Gasteiger partial charge in [-0.3, -0.25) is 9.98 Å². The highest BCUT2D eigenvalue weighted by Crippen LogP contribution is 2.35. The van der Waals surface area contributed by atoms with Gasteiger partial charge in [0.15, 0.2) is 5.49 Å². The first-order valence-electron chi connectivity index (χ1n) is 11.2. The summed E-state index contributed by atoms with van der Waals surface area (Å²) in [4.78, 5) is 26.5. The predicted molar refractivity (Wildman–Crippen MR) is 126 cm³/mol. The van der Waals surface area contributed by atoms with Crippen molar-refractivity contribution in [3.63, 3.8) is 0 Å². The van der Waals surface area contributed by atoms with Gasteiger partial charge < -0.3 is 14.6 Å². The molecule has 0 aliphatic carbocycles. The number of alkyl halides is 3. The second-order valence-corrected chi connectivity index (χ2v) is 8.66. The Balaban J connectivity index is 1.83. The van der Waals surface area contributed by atoms with Crippen molar-refractivity contribution in [1.29, 1.82) is 0 Å². The molecule has 4 rings (SSSR count). The summed E-state index contributed by atoms with van der Waals surface area (Å²) in [7, 11) is 1.86. The van der Waals surface area contributed by atoms with Crippen molar-refractivity contribution in [1.82, 2.24) is 19.4 Å². The number of rotatable bonds is 3. The highest BCUT2D eigenvalue weighted by molar-refractivity contribution is 5.81. The van der Waals surface area contributed by atoms with Crippen molar-refractivity contribution in [3.8, 4) is 0 Å². The molecule has 1 atom stereocenters. The van der Waals surface area contributed by atoms with Gasteiger partial charge in [0, 0.05) is 25.5 Å². The van der Waals surface area contributed by atoms with Crippen LogP contribution in [0.5, 0.6) is 0 Å². The molecule has 0 saturated heterocycles. The largest absolute Gasteiger partial charge is 0.465 e. The molecule has 184 valence electrons. The first-order valence-corrected chi connectivity index (χ1v) is 11.2. The third kappa shape index (κ3) is 4.78. The minimum Gasteiger partial charge on any atom is -0.465 e. The van der Waals surface area contributed by atoms with Crippen LogP contribution in [0.25, 0.3) is 16.5 Å². The standard InChI is InChI=1S/C25H26F3N5O2/c1-14-18(6-5-7-20(14)25(26,27)28)15(2)30-23-19-12-21(17-8-10-33(11-9-17)24(34)35)29-13-22(19)32(4)16(3)31-23/h5-8,12-13,15H,9-11H2,1-4H3,(H,34,35)/b30-23-. The topological polar surface area (TPSA) is 83.6 Å². The number of halogens is 3. The number of carbonyl (C=O) groups is 1. The van der Waals surface area contributed by atoms with E-state index < -0.39 is 23.9 Å². The van der Waals surface area contributed by atoms with E-state index in [1.165, 1.54) is 17.9 Å². The lowest BCUT2D eigenvalue weighted by atomic mass is 9.97. The normalized spacial score (nSPS) is 15.9. The van der Waals surface area contributed by atoms with Gasteiger partial charge in [0.25, 0.3) is 0 Å². The minimum absolute atomic E-state index is 0.150. The average Bonchev–Trinajstić information content (AvgIpc) is 2.81. The molecule has 1 unspecified atom stereocenters. The molecular formula is C25H26F3N5O2. The molecule has 0 bridgehead atoms. The van der Waals surface area contributed by atoms with E-state index in [4.69, 9.17) is 4.99 Å². The van der Waals surface area contributed by atoms with Crippen molar-refractivity contribution < 1.29 is 23.1 Å². The van der Waals surface area contributed by atoms with E-state index in [0.717, 1.165) is 22.5 Å². The highest BCUT2D eigenvalue weighted by Gasteiger charge is 2.33. The maximum Gasteiger partial charge on any atom is 0.416 e. The molecule has 0 fully saturated rings. The molecule has 2 aromatic heterocycles.